The van der Waals surface area contributed by atoms with Gasteiger partial charge in [-0.15, -0.1) is 0 Å². The molecule has 2 fully saturated rings. The average Bonchev–Trinajstić information content (AvgIpc) is 2.78. The summed E-state index contributed by atoms with van der Waals surface area (Å²) in [4.78, 5) is 15.2. The number of carbonyl (C=O) groups is 1. The van der Waals surface area contributed by atoms with Crippen LogP contribution in [0, 0.1) is 5.92 Å². The summed E-state index contributed by atoms with van der Waals surface area (Å²) in [5, 5.41) is 11.7. The number of carbonyl (C=O) groups excluding carboxylic acids is 1. The second kappa shape index (κ2) is 8.58. The van der Waals surface area contributed by atoms with Gasteiger partial charge in [-0.1, -0.05) is 61.4 Å². The number of rotatable bonds is 5. The largest absolute Gasteiger partial charge is 0.496 e. The third-order valence-electron chi connectivity index (χ3n) is 6.87. The molecule has 1 heterocycles. The summed E-state index contributed by atoms with van der Waals surface area (Å²) in [6.07, 6.45) is 5.99. The van der Waals surface area contributed by atoms with E-state index in [1.54, 1.807) is 7.11 Å². The molecule has 1 aliphatic heterocycles. The summed E-state index contributed by atoms with van der Waals surface area (Å²) >= 11 is 0. The molecule has 4 rings (SSSR count). The molecule has 4 nitrogen and oxygen atoms in total. The minimum absolute atomic E-state index is 0.114. The zero-order chi connectivity index (χ0) is 20.3. The van der Waals surface area contributed by atoms with Gasteiger partial charge in [-0.2, -0.15) is 0 Å². The summed E-state index contributed by atoms with van der Waals surface area (Å²) in [5.74, 6) is 1.15. The second-order valence-corrected chi connectivity index (χ2v) is 8.40. The van der Waals surface area contributed by atoms with Crippen LogP contribution >= 0.6 is 0 Å². The maximum absolute atomic E-state index is 13.2. The fourth-order valence-electron chi connectivity index (χ4n) is 5.37. The van der Waals surface area contributed by atoms with Crippen molar-refractivity contribution in [2.24, 2.45) is 5.92 Å². The molecule has 1 saturated heterocycles. The van der Waals surface area contributed by atoms with Crippen molar-refractivity contribution in [3.63, 3.8) is 0 Å². The number of benzene rings is 2. The van der Waals surface area contributed by atoms with Gasteiger partial charge in [-0.05, 0) is 42.9 Å². The molecular weight excluding hydrogens is 362 g/mol. The molecule has 0 spiro atoms. The van der Waals surface area contributed by atoms with E-state index < -0.39 is 5.60 Å². The molecular formula is C25H31NO3. The highest BCUT2D eigenvalue weighted by atomic mass is 16.5. The molecule has 0 aromatic heterocycles. The lowest BCUT2D eigenvalue weighted by atomic mass is 9.66. The van der Waals surface area contributed by atoms with Crippen molar-refractivity contribution in [1.82, 2.24) is 4.90 Å². The summed E-state index contributed by atoms with van der Waals surface area (Å²) in [6.45, 7) is 0.622. The second-order valence-electron chi connectivity index (χ2n) is 8.40. The summed E-state index contributed by atoms with van der Waals surface area (Å²) in [6, 6.07) is 18.1. The van der Waals surface area contributed by atoms with E-state index >= 15 is 0 Å². The zero-order valence-electron chi connectivity index (χ0n) is 17.2. The van der Waals surface area contributed by atoms with E-state index in [9.17, 15) is 9.90 Å². The fraction of sp³-hybridized carbons (Fsp3) is 0.480. The van der Waals surface area contributed by atoms with Crippen LogP contribution in [0.15, 0.2) is 54.6 Å². The Morgan fingerprint density at radius 2 is 1.83 bits per heavy atom. The fourth-order valence-corrected chi connectivity index (χ4v) is 5.37. The van der Waals surface area contributed by atoms with E-state index in [0.29, 0.717) is 25.8 Å². The maximum atomic E-state index is 13.2. The summed E-state index contributed by atoms with van der Waals surface area (Å²) in [7, 11) is 1.67. The van der Waals surface area contributed by atoms with Crippen molar-refractivity contribution in [2.75, 3.05) is 13.7 Å². The van der Waals surface area contributed by atoms with Gasteiger partial charge in [-0.3, -0.25) is 4.79 Å². The first kappa shape index (κ1) is 20.0. The quantitative estimate of drug-likeness (QED) is 0.824. The smallest absolute Gasteiger partial charge is 0.223 e. The van der Waals surface area contributed by atoms with Crippen LogP contribution in [-0.2, 0) is 16.8 Å². The van der Waals surface area contributed by atoms with Gasteiger partial charge < -0.3 is 14.7 Å². The summed E-state index contributed by atoms with van der Waals surface area (Å²) in [5.41, 5.74) is 1.24. The van der Waals surface area contributed by atoms with Crippen LogP contribution in [0.5, 0.6) is 5.75 Å². The molecule has 3 atom stereocenters. The Morgan fingerprint density at radius 1 is 1.10 bits per heavy atom. The lowest BCUT2D eigenvalue weighted by molar-refractivity contribution is -0.154. The Bertz CT molecular complexity index is 837. The van der Waals surface area contributed by atoms with Gasteiger partial charge in [0, 0.05) is 24.9 Å². The molecule has 2 aromatic rings. The number of nitrogens with zero attached hydrogens (tertiary/aromatic N) is 1. The third kappa shape index (κ3) is 3.91. The van der Waals surface area contributed by atoms with Gasteiger partial charge in [0.2, 0.25) is 5.91 Å². The van der Waals surface area contributed by atoms with Gasteiger partial charge in [-0.25, -0.2) is 0 Å². The Balaban J connectivity index is 1.50. The van der Waals surface area contributed by atoms with E-state index in [2.05, 4.69) is 4.90 Å². The van der Waals surface area contributed by atoms with Gasteiger partial charge >= 0.3 is 0 Å². The van der Waals surface area contributed by atoms with Crippen LogP contribution in [0.4, 0.5) is 0 Å². The Morgan fingerprint density at radius 3 is 2.62 bits per heavy atom. The SMILES string of the molecule is COc1ccccc1CCC(=O)N1CC[C@@](O)(c2ccccc2)[C@@H]2CCCC[C@H]21. The number of piperidine rings is 1. The highest BCUT2D eigenvalue weighted by molar-refractivity contribution is 5.77. The number of methoxy groups -OCH3 is 1. The first-order chi connectivity index (χ1) is 14.1. The van der Waals surface area contributed by atoms with Gasteiger partial charge in [0.1, 0.15) is 5.75 Å². The van der Waals surface area contributed by atoms with Crippen LogP contribution in [0.1, 0.15) is 49.7 Å². The zero-order valence-corrected chi connectivity index (χ0v) is 17.2. The molecule has 1 saturated carbocycles. The first-order valence-corrected chi connectivity index (χ1v) is 10.8. The van der Waals surface area contributed by atoms with Gasteiger partial charge in [0.25, 0.3) is 0 Å². The lowest BCUT2D eigenvalue weighted by Crippen LogP contribution is -2.59. The van der Waals surface area contributed by atoms with Gasteiger partial charge in [0.05, 0.1) is 12.7 Å². The molecule has 0 radical (unpaired) electrons. The lowest BCUT2D eigenvalue weighted by Gasteiger charge is -2.52. The number of aryl methyl sites for hydroxylation is 1. The Labute approximate surface area is 173 Å². The minimum Gasteiger partial charge on any atom is -0.496 e. The number of hydrogen-bond acceptors (Lipinski definition) is 3. The third-order valence-corrected chi connectivity index (χ3v) is 6.87. The van der Waals surface area contributed by atoms with Crippen LogP contribution in [0.25, 0.3) is 0 Å². The molecule has 29 heavy (non-hydrogen) atoms. The first-order valence-electron chi connectivity index (χ1n) is 10.8. The van der Waals surface area contributed by atoms with Crippen LogP contribution in [-0.4, -0.2) is 35.6 Å². The normalized spacial score (nSPS) is 26.6. The van der Waals surface area contributed by atoms with Crippen molar-refractivity contribution in [3.05, 3.63) is 65.7 Å². The van der Waals surface area contributed by atoms with Crippen molar-refractivity contribution in [2.45, 2.75) is 56.6 Å². The number of aliphatic hydroxyl groups is 1. The van der Waals surface area contributed by atoms with Crippen LogP contribution in [0.3, 0.4) is 0 Å². The molecule has 0 unspecified atom stereocenters. The molecule has 1 N–H and O–H groups in total. The standard InChI is InChI=1S/C25H31NO3/c1-29-23-14-8-5-9-19(23)15-16-24(27)26-18-17-25(28,20-10-3-2-4-11-20)21-12-6-7-13-22(21)26/h2-5,8-11,14,21-22,28H,6-7,12-13,15-18H2,1H3/t21-,22-,25-/m1/s1. The number of para-hydroxylation sites is 1. The number of ether oxygens (including phenoxy) is 1. The number of hydrogen-bond donors (Lipinski definition) is 1. The molecule has 0 bridgehead atoms. The minimum atomic E-state index is -0.828. The van der Waals surface area contributed by atoms with E-state index in [-0.39, 0.29) is 17.9 Å². The number of fused-ring (bicyclic) bond motifs is 1. The van der Waals surface area contributed by atoms with Crippen LogP contribution in [0.2, 0.25) is 0 Å². The number of amides is 1. The molecule has 1 aliphatic carbocycles. The topological polar surface area (TPSA) is 49.8 Å². The van der Waals surface area contributed by atoms with E-state index in [1.807, 2.05) is 54.6 Å². The Kier molecular flexibility index (Phi) is 5.91. The summed E-state index contributed by atoms with van der Waals surface area (Å²) < 4.78 is 5.43. The molecule has 2 aromatic carbocycles. The van der Waals surface area contributed by atoms with Crippen molar-refractivity contribution in [1.29, 1.82) is 0 Å². The highest BCUT2D eigenvalue weighted by Gasteiger charge is 2.50. The molecule has 1 amide bonds. The Hall–Kier alpha value is -2.33. The predicted octanol–water partition coefficient (Wildman–Crippen LogP) is 4.31. The molecule has 154 valence electrons. The highest BCUT2D eigenvalue weighted by Crippen LogP contribution is 2.47. The maximum Gasteiger partial charge on any atom is 0.223 e. The van der Waals surface area contributed by atoms with E-state index in [4.69, 9.17) is 4.74 Å². The predicted molar refractivity (Wildman–Crippen MR) is 114 cm³/mol. The van der Waals surface area contributed by atoms with Crippen molar-refractivity contribution < 1.29 is 14.6 Å². The van der Waals surface area contributed by atoms with E-state index in [1.165, 1.54) is 0 Å². The van der Waals surface area contributed by atoms with Gasteiger partial charge in [0.15, 0.2) is 0 Å². The molecule has 2 aliphatic rings. The average molecular weight is 394 g/mol. The monoisotopic (exact) mass is 393 g/mol. The van der Waals surface area contributed by atoms with Crippen molar-refractivity contribution >= 4 is 5.91 Å². The number of likely N-dealkylation sites (tertiary alicyclic amines) is 1. The van der Waals surface area contributed by atoms with E-state index in [0.717, 1.165) is 42.6 Å². The molecule has 4 heteroatoms. The van der Waals surface area contributed by atoms with Crippen molar-refractivity contribution in [3.8, 4) is 5.75 Å². The van der Waals surface area contributed by atoms with Crippen LogP contribution < -0.4 is 4.74 Å².